The summed E-state index contributed by atoms with van der Waals surface area (Å²) in [5.41, 5.74) is 0. The fraction of sp³-hybridized carbons (Fsp3) is 0.333. The molecule has 0 aromatic heterocycles. The molecule has 14 heavy (non-hydrogen) atoms. The standard InChI is InChI=1S/C9H9F3O2/c10-9(11,12)8(13)6-14-7-4-2-1-3-5-7/h1-5,8,13H,6H2. The van der Waals surface area contributed by atoms with Crippen LogP contribution in [0.3, 0.4) is 0 Å². The zero-order chi connectivity index (χ0) is 10.6. The number of ether oxygens (including phenoxy) is 1. The minimum absolute atomic E-state index is 0.302. The minimum Gasteiger partial charge on any atom is -0.491 e. The largest absolute Gasteiger partial charge is 0.491 e. The molecule has 1 aromatic rings. The highest BCUT2D eigenvalue weighted by molar-refractivity contribution is 5.20. The van der Waals surface area contributed by atoms with Gasteiger partial charge in [-0.15, -0.1) is 0 Å². The van der Waals surface area contributed by atoms with Gasteiger partial charge in [0.05, 0.1) is 0 Å². The monoisotopic (exact) mass is 206 g/mol. The summed E-state index contributed by atoms with van der Waals surface area (Å²) in [6.07, 6.45) is -7.07. The highest BCUT2D eigenvalue weighted by Crippen LogP contribution is 2.20. The van der Waals surface area contributed by atoms with Gasteiger partial charge in [-0.2, -0.15) is 13.2 Å². The zero-order valence-corrected chi connectivity index (χ0v) is 7.16. The van der Waals surface area contributed by atoms with Gasteiger partial charge in [0.15, 0.2) is 6.10 Å². The number of hydrogen-bond donors (Lipinski definition) is 1. The molecular formula is C9H9F3O2. The van der Waals surface area contributed by atoms with E-state index >= 15 is 0 Å². The van der Waals surface area contributed by atoms with Gasteiger partial charge in [-0.1, -0.05) is 18.2 Å². The number of hydrogen-bond acceptors (Lipinski definition) is 2. The summed E-state index contributed by atoms with van der Waals surface area (Å²) >= 11 is 0. The molecule has 0 heterocycles. The van der Waals surface area contributed by atoms with Gasteiger partial charge in [-0.25, -0.2) is 0 Å². The second kappa shape index (κ2) is 4.32. The maximum Gasteiger partial charge on any atom is 0.417 e. The third kappa shape index (κ3) is 3.26. The van der Waals surface area contributed by atoms with Crippen LogP contribution in [-0.2, 0) is 0 Å². The molecule has 0 amide bonds. The maximum atomic E-state index is 11.8. The number of alkyl halides is 3. The Kier molecular flexibility index (Phi) is 3.35. The molecular weight excluding hydrogens is 197 g/mol. The maximum absolute atomic E-state index is 11.8. The van der Waals surface area contributed by atoms with E-state index in [1.807, 2.05) is 0 Å². The first-order chi connectivity index (χ1) is 6.50. The molecule has 1 aromatic carbocycles. The lowest BCUT2D eigenvalue weighted by molar-refractivity contribution is -0.210. The predicted octanol–water partition coefficient (Wildman–Crippen LogP) is 1.99. The van der Waals surface area contributed by atoms with Crippen LogP contribution in [0.5, 0.6) is 5.75 Å². The molecule has 0 aliphatic carbocycles. The van der Waals surface area contributed by atoms with Crippen LogP contribution in [0.2, 0.25) is 0 Å². The summed E-state index contributed by atoms with van der Waals surface area (Å²) in [4.78, 5) is 0. The quantitative estimate of drug-likeness (QED) is 0.819. The highest BCUT2D eigenvalue weighted by Gasteiger charge is 2.38. The first-order valence-electron chi connectivity index (χ1n) is 3.93. The van der Waals surface area contributed by atoms with E-state index in [-0.39, 0.29) is 0 Å². The van der Waals surface area contributed by atoms with Gasteiger partial charge in [-0.3, -0.25) is 0 Å². The topological polar surface area (TPSA) is 29.5 Å². The number of para-hydroxylation sites is 1. The molecule has 1 atom stereocenters. The van der Waals surface area contributed by atoms with E-state index in [9.17, 15) is 13.2 Å². The van der Waals surface area contributed by atoms with Gasteiger partial charge in [0.1, 0.15) is 12.4 Å². The Labute approximate surface area is 78.9 Å². The van der Waals surface area contributed by atoms with E-state index < -0.39 is 18.9 Å². The predicted molar refractivity (Wildman–Crippen MR) is 44.0 cm³/mol. The van der Waals surface area contributed by atoms with Crippen LogP contribution in [0.25, 0.3) is 0 Å². The molecule has 5 heteroatoms. The van der Waals surface area contributed by atoms with E-state index in [1.165, 1.54) is 12.1 Å². The fourth-order valence-electron chi connectivity index (χ4n) is 0.786. The lowest BCUT2D eigenvalue weighted by Gasteiger charge is -2.14. The Morgan fingerprint density at radius 2 is 1.79 bits per heavy atom. The molecule has 0 aliphatic heterocycles. The van der Waals surface area contributed by atoms with Crippen molar-refractivity contribution in [2.75, 3.05) is 6.61 Å². The molecule has 0 spiro atoms. The van der Waals surface area contributed by atoms with Crippen LogP contribution in [0.15, 0.2) is 30.3 Å². The lowest BCUT2D eigenvalue weighted by Crippen LogP contribution is -2.34. The lowest BCUT2D eigenvalue weighted by atomic mass is 10.3. The first kappa shape index (κ1) is 10.8. The minimum atomic E-state index is -4.63. The molecule has 0 fully saturated rings. The van der Waals surface area contributed by atoms with Gasteiger partial charge < -0.3 is 9.84 Å². The van der Waals surface area contributed by atoms with Gasteiger partial charge in [-0.05, 0) is 12.1 Å². The Morgan fingerprint density at radius 1 is 1.21 bits per heavy atom. The van der Waals surface area contributed by atoms with Crippen molar-refractivity contribution in [2.24, 2.45) is 0 Å². The van der Waals surface area contributed by atoms with E-state index in [4.69, 9.17) is 9.84 Å². The summed E-state index contributed by atoms with van der Waals surface area (Å²) in [5.74, 6) is 0.302. The van der Waals surface area contributed by atoms with Gasteiger partial charge in [0.25, 0.3) is 0 Å². The molecule has 0 saturated heterocycles. The van der Waals surface area contributed by atoms with E-state index in [0.717, 1.165) is 0 Å². The van der Waals surface area contributed by atoms with E-state index in [1.54, 1.807) is 18.2 Å². The molecule has 0 radical (unpaired) electrons. The smallest absolute Gasteiger partial charge is 0.417 e. The highest BCUT2D eigenvalue weighted by atomic mass is 19.4. The number of rotatable bonds is 3. The average molecular weight is 206 g/mol. The molecule has 1 rings (SSSR count). The Morgan fingerprint density at radius 3 is 2.29 bits per heavy atom. The number of halogens is 3. The van der Waals surface area contributed by atoms with Crippen molar-refractivity contribution in [1.29, 1.82) is 0 Å². The number of benzene rings is 1. The second-order valence-corrected chi connectivity index (χ2v) is 2.68. The molecule has 0 bridgehead atoms. The summed E-state index contributed by atoms with van der Waals surface area (Å²) in [5, 5.41) is 8.60. The summed E-state index contributed by atoms with van der Waals surface area (Å²) in [7, 11) is 0. The van der Waals surface area contributed by atoms with Crippen LogP contribution in [0, 0.1) is 0 Å². The Bertz CT molecular complexity index is 271. The van der Waals surface area contributed by atoms with Crippen molar-refractivity contribution < 1.29 is 23.0 Å². The summed E-state index contributed by atoms with van der Waals surface area (Å²) < 4.78 is 40.2. The van der Waals surface area contributed by atoms with Crippen LogP contribution >= 0.6 is 0 Å². The van der Waals surface area contributed by atoms with Crippen molar-refractivity contribution >= 4 is 0 Å². The normalized spacial score (nSPS) is 13.7. The average Bonchev–Trinajstić information content (AvgIpc) is 2.14. The van der Waals surface area contributed by atoms with Gasteiger partial charge in [0, 0.05) is 0 Å². The summed E-state index contributed by atoms with van der Waals surface area (Å²) in [6, 6.07) is 8.02. The van der Waals surface area contributed by atoms with Crippen LogP contribution in [-0.4, -0.2) is 24.0 Å². The van der Waals surface area contributed by atoms with Crippen molar-refractivity contribution in [3.8, 4) is 5.75 Å². The molecule has 78 valence electrons. The molecule has 0 aliphatic rings. The van der Waals surface area contributed by atoms with E-state index in [2.05, 4.69) is 0 Å². The molecule has 1 unspecified atom stereocenters. The van der Waals surface area contributed by atoms with Crippen molar-refractivity contribution in [3.05, 3.63) is 30.3 Å². The summed E-state index contributed by atoms with van der Waals surface area (Å²) in [6.45, 7) is -0.784. The SMILES string of the molecule is OC(COc1ccccc1)C(F)(F)F. The Hall–Kier alpha value is -1.23. The molecule has 1 N–H and O–H groups in total. The van der Waals surface area contributed by atoms with Crippen LogP contribution < -0.4 is 4.74 Å². The van der Waals surface area contributed by atoms with E-state index in [0.29, 0.717) is 5.75 Å². The molecule has 2 nitrogen and oxygen atoms in total. The van der Waals surface area contributed by atoms with Crippen molar-refractivity contribution in [2.45, 2.75) is 12.3 Å². The Balaban J connectivity index is 2.42. The number of aliphatic hydroxyl groups is 1. The van der Waals surface area contributed by atoms with Gasteiger partial charge >= 0.3 is 6.18 Å². The fourth-order valence-corrected chi connectivity index (χ4v) is 0.786. The number of aliphatic hydroxyl groups excluding tert-OH is 1. The van der Waals surface area contributed by atoms with Gasteiger partial charge in [0.2, 0.25) is 0 Å². The van der Waals surface area contributed by atoms with Crippen molar-refractivity contribution in [1.82, 2.24) is 0 Å². The van der Waals surface area contributed by atoms with Crippen LogP contribution in [0.4, 0.5) is 13.2 Å². The van der Waals surface area contributed by atoms with Crippen LogP contribution in [0.1, 0.15) is 0 Å². The third-order valence-corrected chi connectivity index (χ3v) is 1.53. The first-order valence-corrected chi connectivity index (χ1v) is 3.93. The zero-order valence-electron chi connectivity index (χ0n) is 7.16. The van der Waals surface area contributed by atoms with Crippen molar-refractivity contribution in [3.63, 3.8) is 0 Å². The third-order valence-electron chi connectivity index (χ3n) is 1.53. The second-order valence-electron chi connectivity index (χ2n) is 2.68. The molecule has 0 saturated carbocycles.